The molecule has 2 fully saturated rings. The molecular formula is C18H22F3N5O4S. The van der Waals surface area contributed by atoms with E-state index < -0.39 is 12.1 Å². The first kappa shape index (κ1) is 23.0. The van der Waals surface area contributed by atoms with Crippen LogP contribution in [0.15, 0.2) is 24.1 Å². The van der Waals surface area contributed by atoms with Crippen LogP contribution in [-0.4, -0.2) is 82.4 Å². The lowest BCUT2D eigenvalue weighted by atomic mass is 9.80. The SMILES string of the molecule is O=C(O)C(F)(F)F.O=C(c1cnc[nH]1)N1CCCC2(COCCN(c3nccs3)C2)C1. The van der Waals surface area contributed by atoms with Crippen molar-refractivity contribution in [3.63, 3.8) is 0 Å². The summed E-state index contributed by atoms with van der Waals surface area (Å²) in [5, 5.41) is 10.2. The van der Waals surface area contributed by atoms with Gasteiger partial charge in [-0.25, -0.2) is 14.8 Å². The molecule has 0 saturated carbocycles. The van der Waals surface area contributed by atoms with E-state index in [4.69, 9.17) is 14.6 Å². The zero-order valence-electron chi connectivity index (χ0n) is 16.5. The number of aliphatic carboxylic acids is 1. The quantitative estimate of drug-likeness (QED) is 0.706. The third-order valence-electron chi connectivity index (χ3n) is 5.05. The molecule has 1 atom stereocenters. The second-order valence-electron chi connectivity index (χ2n) is 7.39. The van der Waals surface area contributed by atoms with Gasteiger partial charge in [-0.15, -0.1) is 11.3 Å². The van der Waals surface area contributed by atoms with Gasteiger partial charge in [0.05, 0.1) is 25.7 Å². The fourth-order valence-corrected chi connectivity index (χ4v) is 4.37. The van der Waals surface area contributed by atoms with Crippen molar-refractivity contribution in [2.75, 3.05) is 44.3 Å². The molecule has 4 heterocycles. The van der Waals surface area contributed by atoms with Gasteiger partial charge in [-0.1, -0.05) is 0 Å². The van der Waals surface area contributed by atoms with E-state index in [1.54, 1.807) is 23.9 Å². The average molecular weight is 461 g/mol. The number of rotatable bonds is 2. The number of aromatic nitrogens is 3. The number of thiazole rings is 1. The van der Waals surface area contributed by atoms with Crippen molar-refractivity contribution in [2.24, 2.45) is 5.41 Å². The second kappa shape index (κ2) is 9.64. The molecule has 9 nitrogen and oxygen atoms in total. The molecule has 0 aromatic carbocycles. The Bertz CT molecular complexity index is 862. The molecule has 31 heavy (non-hydrogen) atoms. The average Bonchev–Trinajstić information content (AvgIpc) is 3.41. The van der Waals surface area contributed by atoms with Crippen LogP contribution >= 0.6 is 11.3 Å². The highest BCUT2D eigenvalue weighted by Gasteiger charge is 2.41. The predicted molar refractivity (Wildman–Crippen MR) is 105 cm³/mol. The predicted octanol–water partition coefficient (Wildman–Crippen LogP) is 2.26. The van der Waals surface area contributed by atoms with Gasteiger partial charge >= 0.3 is 12.1 Å². The van der Waals surface area contributed by atoms with Crippen LogP contribution in [0.5, 0.6) is 0 Å². The first-order valence-electron chi connectivity index (χ1n) is 9.50. The fraction of sp³-hybridized carbons (Fsp3) is 0.556. The van der Waals surface area contributed by atoms with E-state index in [2.05, 4.69) is 19.9 Å². The Hall–Kier alpha value is -2.67. The summed E-state index contributed by atoms with van der Waals surface area (Å²) in [6, 6.07) is 0. The minimum Gasteiger partial charge on any atom is -0.475 e. The van der Waals surface area contributed by atoms with Gasteiger partial charge in [-0.05, 0) is 12.8 Å². The minimum absolute atomic E-state index is 0.0246. The Morgan fingerprint density at radius 1 is 1.29 bits per heavy atom. The van der Waals surface area contributed by atoms with Gasteiger partial charge in [0.15, 0.2) is 5.13 Å². The van der Waals surface area contributed by atoms with Crippen LogP contribution in [0.4, 0.5) is 18.3 Å². The molecule has 170 valence electrons. The molecule has 0 aliphatic carbocycles. The molecule has 0 bridgehead atoms. The van der Waals surface area contributed by atoms with Crippen molar-refractivity contribution >= 4 is 28.3 Å². The zero-order valence-corrected chi connectivity index (χ0v) is 17.3. The Morgan fingerprint density at radius 2 is 2.06 bits per heavy atom. The van der Waals surface area contributed by atoms with E-state index in [1.807, 2.05) is 16.5 Å². The fourth-order valence-electron chi connectivity index (χ4n) is 3.70. The zero-order chi connectivity index (χ0) is 22.5. The Balaban J connectivity index is 0.000000339. The number of halogens is 3. The highest BCUT2D eigenvalue weighted by molar-refractivity contribution is 7.13. The summed E-state index contributed by atoms with van der Waals surface area (Å²) < 4.78 is 37.6. The molecule has 2 saturated heterocycles. The lowest BCUT2D eigenvalue weighted by Gasteiger charge is -2.43. The van der Waals surface area contributed by atoms with E-state index in [1.165, 1.54) is 0 Å². The van der Waals surface area contributed by atoms with Crippen LogP contribution in [0.3, 0.4) is 0 Å². The number of nitrogens with zero attached hydrogens (tertiary/aromatic N) is 4. The van der Waals surface area contributed by atoms with Crippen molar-refractivity contribution < 1.29 is 32.6 Å². The van der Waals surface area contributed by atoms with Crippen molar-refractivity contribution in [2.45, 2.75) is 19.0 Å². The van der Waals surface area contributed by atoms with E-state index in [0.717, 1.165) is 37.6 Å². The Morgan fingerprint density at radius 3 is 2.68 bits per heavy atom. The Labute approximate surface area is 179 Å². The summed E-state index contributed by atoms with van der Waals surface area (Å²) >= 11 is 1.66. The first-order valence-corrected chi connectivity index (χ1v) is 10.4. The van der Waals surface area contributed by atoms with Crippen LogP contribution in [-0.2, 0) is 9.53 Å². The molecule has 2 aromatic rings. The summed E-state index contributed by atoms with van der Waals surface area (Å²) in [6.07, 6.45) is 1.96. The molecule has 2 aromatic heterocycles. The second-order valence-corrected chi connectivity index (χ2v) is 8.26. The maximum atomic E-state index is 12.7. The number of carbonyl (C=O) groups is 2. The number of carbonyl (C=O) groups excluding carboxylic acids is 1. The molecule has 0 radical (unpaired) electrons. The largest absolute Gasteiger partial charge is 0.490 e. The van der Waals surface area contributed by atoms with Gasteiger partial charge in [0.25, 0.3) is 5.91 Å². The van der Waals surface area contributed by atoms with Crippen LogP contribution in [0, 0.1) is 5.41 Å². The highest BCUT2D eigenvalue weighted by atomic mass is 32.1. The number of carboxylic acids is 1. The smallest absolute Gasteiger partial charge is 0.475 e. The van der Waals surface area contributed by atoms with E-state index in [9.17, 15) is 18.0 Å². The van der Waals surface area contributed by atoms with Crippen molar-refractivity contribution in [1.82, 2.24) is 19.9 Å². The van der Waals surface area contributed by atoms with E-state index in [0.29, 0.717) is 25.5 Å². The number of ether oxygens (including phenoxy) is 1. The topological polar surface area (TPSA) is 112 Å². The summed E-state index contributed by atoms with van der Waals surface area (Å²) in [7, 11) is 0. The third kappa shape index (κ3) is 5.94. The minimum atomic E-state index is -5.08. The molecule has 4 rings (SSSR count). The number of aromatic amines is 1. The molecule has 2 aliphatic heterocycles. The number of amides is 1. The molecule has 1 spiro atoms. The van der Waals surface area contributed by atoms with E-state index >= 15 is 0 Å². The molecule has 2 aliphatic rings. The first-order chi connectivity index (χ1) is 14.7. The molecule has 1 unspecified atom stereocenters. The van der Waals surface area contributed by atoms with Crippen molar-refractivity contribution in [1.29, 1.82) is 0 Å². The van der Waals surface area contributed by atoms with E-state index in [-0.39, 0.29) is 11.3 Å². The maximum absolute atomic E-state index is 12.7. The monoisotopic (exact) mass is 461 g/mol. The van der Waals surface area contributed by atoms with Crippen LogP contribution in [0.1, 0.15) is 23.3 Å². The maximum Gasteiger partial charge on any atom is 0.490 e. The number of H-pyrrole nitrogens is 1. The Kier molecular flexibility index (Phi) is 7.15. The lowest BCUT2D eigenvalue weighted by Crippen LogP contribution is -2.52. The standard InChI is InChI=1S/C16H21N5O2S.C2HF3O2/c22-14(13-8-17-12-19-13)20-4-1-2-16(9-20)10-21(5-6-23-11-16)15-18-3-7-24-15;3-2(4,5)1(6)7/h3,7-8,12H,1-2,4-6,9-11H2,(H,17,19);(H,6,7). The molecule has 13 heteroatoms. The summed E-state index contributed by atoms with van der Waals surface area (Å²) in [6.45, 7) is 4.64. The van der Waals surface area contributed by atoms with Crippen LogP contribution in [0.2, 0.25) is 0 Å². The number of carboxylic acid groups (broad SMARTS) is 1. The number of alkyl halides is 3. The van der Waals surface area contributed by atoms with Crippen LogP contribution in [0.25, 0.3) is 0 Å². The van der Waals surface area contributed by atoms with Gasteiger partial charge in [-0.2, -0.15) is 13.2 Å². The normalized spacial score (nSPS) is 21.9. The number of hydrogen-bond acceptors (Lipinski definition) is 7. The summed E-state index contributed by atoms with van der Waals surface area (Å²) in [5.41, 5.74) is 0.522. The van der Waals surface area contributed by atoms with Gasteiger partial charge in [0, 0.05) is 43.2 Å². The summed E-state index contributed by atoms with van der Waals surface area (Å²) in [4.78, 5) is 37.1. The van der Waals surface area contributed by atoms with Gasteiger partial charge in [0.2, 0.25) is 0 Å². The molecular weight excluding hydrogens is 439 g/mol. The third-order valence-corrected chi connectivity index (χ3v) is 5.88. The van der Waals surface area contributed by atoms with Gasteiger partial charge in [0.1, 0.15) is 5.69 Å². The number of hydrogen-bond donors (Lipinski definition) is 2. The van der Waals surface area contributed by atoms with Crippen LogP contribution < -0.4 is 4.90 Å². The number of nitrogens with one attached hydrogen (secondary N) is 1. The lowest BCUT2D eigenvalue weighted by molar-refractivity contribution is -0.192. The van der Waals surface area contributed by atoms with Gasteiger partial charge < -0.3 is 24.6 Å². The summed E-state index contributed by atoms with van der Waals surface area (Å²) in [5.74, 6) is -2.73. The number of likely N-dealkylation sites (tertiary alicyclic amines) is 1. The number of piperidine rings is 1. The molecule has 1 amide bonds. The molecule has 2 N–H and O–H groups in total. The van der Waals surface area contributed by atoms with Gasteiger partial charge in [-0.3, -0.25) is 4.79 Å². The highest BCUT2D eigenvalue weighted by Crippen LogP contribution is 2.35. The number of imidazole rings is 1. The van der Waals surface area contributed by atoms with Crippen molar-refractivity contribution in [3.05, 3.63) is 29.8 Å². The number of anilines is 1. The van der Waals surface area contributed by atoms with Crippen molar-refractivity contribution in [3.8, 4) is 0 Å².